The van der Waals surface area contributed by atoms with E-state index in [1.807, 2.05) is 72.5 Å². The van der Waals surface area contributed by atoms with Crippen molar-refractivity contribution in [2.45, 2.75) is 30.8 Å². The minimum atomic E-state index is -4.64. The molecule has 2 aromatic heterocycles. The quantitative estimate of drug-likeness (QED) is 0.249. The molecule has 0 radical (unpaired) electrons. The van der Waals surface area contributed by atoms with Gasteiger partial charge in [0.15, 0.2) is 5.65 Å². The second-order valence-electron chi connectivity index (χ2n) is 10.4. The van der Waals surface area contributed by atoms with Crippen molar-refractivity contribution in [3.63, 3.8) is 0 Å². The number of halogens is 3. The van der Waals surface area contributed by atoms with Gasteiger partial charge in [-0.05, 0) is 49.2 Å². The summed E-state index contributed by atoms with van der Waals surface area (Å²) in [5.41, 5.74) is 2.29. The highest BCUT2D eigenvalue weighted by Gasteiger charge is 2.34. The molecule has 0 aliphatic carbocycles. The Morgan fingerprint density at radius 2 is 1.56 bits per heavy atom. The molecule has 0 unspecified atom stereocenters. The van der Waals surface area contributed by atoms with Crippen molar-refractivity contribution in [3.8, 4) is 5.69 Å². The fourth-order valence-corrected chi connectivity index (χ4v) is 6.88. The number of aryl methyl sites for hydroxylation is 1. The number of alkyl halides is 3. The molecule has 222 valence electrons. The van der Waals surface area contributed by atoms with Crippen LogP contribution >= 0.6 is 0 Å². The Morgan fingerprint density at radius 1 is 0.837 bits per heavy atom. The third-order valence-corrected chi connectivity index (χ3v) is 9.38. The standard InChI is InChI=1S/C31H29F3N6O2S/c1-22-28-29(38-16-9-17-39(19-18-38)43(41,42)26-15-8-12-24(21-26)31(32,33)34)35-27(20-23-10-4-2-5-11-23)36-30(28)40(37-22)25-13-6-3-7-14-25/h2-8,10-15,21H,9,16-20H2,1H3. The van der Waals surface area contributed by atoms with Crippen LogP contribution in [0.2, 0.25) is 0 Å². The first-order valence-corrected chi connectivity index (χ1v) is 15.3. The Kier molecular flexibility index (Phi) is 7.65. The molecule has 0 N–H and O–H groups in total. The molecule has 0 saturated carbocycles. The lowest BCUT2D eigenvalue weighted by Crippen LogP contribution is -2.35. The summed E-state index contributed by atoms with van der Waals surface area (Å²) in [7, 11) is -4.15. The summed E-state index contributed by atoms with van der Waals surface area (Å²) in [5, 5.41) is 5.57. The summed E-state index contributed by atoms with van der Waals surface area (Å²) in [6.45, 7) is 2.95. The summed E-state index contributed by atoms with van der Waals surface area (Å²) in [4.78, 5) is 11.6. The first kappa shape index (κ1) is 28.8. The molecule has 0 atom stereocenters. The lowest BCUT2D eigenvalue weighted by Gasteiger charge is -2.24. The van der Waals surface area contributed by atoms with Gasteiger partial charge in [-0.15, -0.1) is 0 Å². The molecule has 1 aliphatic heterocycles. The highest BCUT2D eigenvalue weighted by molar-refractivity contribution is 7.89. The monoisotopic (exact) mass is 606 g/mol. The first-order chi connectivity index (χ1) is 20.6. The van der Waals surface area contributed by atoms with E-state index in [0.29, 0.717) is 49.3 Å². The lowest BCUT2D eigenvalue weighted by atomic mass is 10.1. The number of hydrogen-bond acceptors (Lipinski definition) is 6. The molecule has 12 heteroatoms. The fourth-order valence-electron chi connectivity index (χ4n) is 5.37. The van der Waals surface area contributed by atoms with Crippen LogP contribution in [0.5, 0.6) is 0 Å². The summed E-state index contributed by atoms with van der Waals surface area (Å²) < 4.78 is 69.9. The van der Waals surface area contributed by atoms with E-state index in [2.05, 4.69) is 0 Å². The Bertz CT molecular complexity index is 1860. The van der Waals surface area contributed by atoms with Gasteiger partial charge in [0.25, 0.3) is 0 Å². The van der Waals surface area contributed by atoms with E-state index in [-0.39, 0.29) is 18.0 Å². The van der Waals surface area contributed by atoms with Gasteiger partial charge in [-0.2, -0.15) is 22.6 Å². The van der Waals surface area contributed by atoms with Gasteiger partial charge < -0.3 is 4.90 Å². The van der Waals surface area contributed by atoms with Crippen molar-refractivity contribution in [2.24, 2.45) is 0 Å². The zero-order chi connectivity index (χ0) is 30.2. The molecule has 0 bridgehead atoms. The van der Waals surface area contributed by atoms with Crippen molar-refractivity contribution < 1.29 is 21.6 Å². The minimum Gasteiger partial charge on any atom is -0.355 e. The van der Waals surface area contributed by atoms with Gasteiger partial charge in [-0.25, -0.2) is 23.1 Å². The normalized spacial score (nSPS) is 15.1. The highest BCUT2D eigenvalue weighted by atomic mass is 32.2. The molecule has 0 amide bonds. The molecule has 3 heterocycles. The van der Waals surface area contributed by atoms with E-state index in [1.54, 1.807) is 4.68 Å². The van der Waals surface area contributed by atoms with Crippen LogP contribution < -0.4 is 4.90 Å². The highest BCUT2D eigenvalue weighted by Crippen LogP contribution is 2.33. The van der Waals surface area contributed by atoms with E-state index < -0.39 is 21.8 Å². The number of benzene rings is 3. The molecule has 6 rings (SSSR count). The predicted octanol–water partition coefficient (Wildman–Crippen LogP) is 5.63. The molecule has 3 aromatic carbocycles. The molecule has 5 aromatic rings. The van der Waals surface area contributed by atoms with Gasteiger partial charge in [-0.3, -0.25) is 0 Å². The third-order valence-electron chi connectivity index (χ3n) is 7.49. The van der Waals surface area contributed by atoms with Crippen LogP contribution in [0.3, 0.4) is 0 Å². The number of sulfonamides is 1. The first-order valence-electron chi connectivity index (χ1n) is 13.9. The number of fused-ring (bicyclic) bond motifs is 1. The molecule has 0 spiro atoms. The Hall–Kier alpha value is -4.29. The predicted molar refractivity (Wildman–Crippen MR) is 158 cm³/mol. The van der Waals surface area contributed by atoms with E-state index in [4.69, 9.17) is 15.1 Å². The van der Waals surface area contributed by atoms with Crippen molar-refractivity contribution >= 4 is 26.9 Å². The van der Waals surface area contributed by atoms with Crippen molar-refractivity contribution in [1.29, 1.82) is 0 Å². The van der Waals surface area contributed by atoms with Crippen LogP contribution in [-0.4, -0.2) is 58.7 Å². The lowest BCUT2D eigenvalue weighted by molar-refractivity contribution is -0.137. The van der Waals surface area contributed by atoms with Crippen LogP contribution in [-0.2, 0) is 22.6 Å². The minimum absolute atomic E-state index is 0.0873. The molecular weight excluding hydrogens is 577 g/mol. The maximum atomic E-state index is 13.4. The van der Waals surface area contributed by atoms with E-state index in [9.17, 15) is 21.6 Å². The van der Waals surface area contributed by atoms with Crippen LogP contribution in [0, 0.1) is 6.92 Å². The van der Waals surface area contributed by atoms with Crippen molar-refractivity contribution in [1.82, 2.24) is 24.1 Å². The number of para-hydroxylation sites is 1. The second-order valence-corrected chi connectivity index (χ2v) is 12.4. The number of aromatic nitrogens is 4. The van der Waals surface area contributed by atoms with Crippen LogP contribution in [0.25, 0.3) is 16.7 Å². The van der Waals surface area contributed by atoms with Gasteiger partial charge in [0.05, 0.1) is 27.2 Å². The number of hydrogen-bond donors (Lipinski definition) is 0. The van der Waals surface area contributed by atoms with E-state index in [0.717, 1.165) is 34.5 Å². The number of anilines is 1. The maximum absolute atomic E-state index is 13.4. The van der Waals surface area contributed by atoms with Gasteiger partial charge in [0.2, 0.25) is 10.0 Å². The average Bonchev–Trinajstić information content (AvgIpc) is 3.16. The third kappa shape index (κ3) is 5.84. The van der Waals surface area contributed by atoms with Crippen molar-refractivity contribution in [2.75, 3.05) is 31.1 Å². The topological polar surface area (TPSA) is 84.2 Å². The second kappa shape index (κ2) is 11.4. The summed E-state index contributed by atoms with van der Waals surface area (Å²) in [6.07, 6.45) is -3.69. The van der Waals surface area contributed by atoms with Crippen LogP contribution in [0.4, 0.5) is 19.0 Å². The van der Waals surface area contributed by atoms with Gasteiger partial charge >= 0.3 is 6.18 Å². The Morgan fingerprint density at radius 3 is 2.28 bits per heavy atom. The van der Waals surface area contributed by atoms with Crippen LogP contribution in [0.15, 0.2) is 89.8 Å². The summed E-state index contributed by atoms with van der Waals surface area (Å²) >= 11 is 0. The largest absolute Gasteiger partial charge is 0.416 e. The summed E-state index contributed by atoms with van der Waals surface area (Å²) in [5.74, 6) is 1.26. The molecular formula is C31H29F3N6O2S. The number of nitrogens with zero attached hydrogens (tertiary/aromatic N) is 6. The molecule has 1 saturated heterocycles. The van der Waals surface area contributed by atoms with Crippen molar-refractivity contribution in [3.05, 3.63) is 108 Å². The molecule has 8 nitrogen and oxygen atoms in total. The maximum Gasteiger partial charge on any atom is 0.416 e. The van der Waals surface area contributed by atoms with Gasteiger partial charge in [-0.1, -0.05) is 54.6 Å². The van der Waals surface area contributed by atoms with Crippen LogP contribution in [0.1, 0.15) is 29.1 Å². The zero-order valence-electron chi connectivity index (χ0n) is 23.4. The SMILES string of the molecule is Cc1nn(-c2ccccc2)c2nc(Cc3ccccc3)nc(N3CCCN(S(=O)(=O)c4cccc(C(F)(F)F)c4)CC3)c12. The summed E-state index contributed by atoms with van der Waals surface area (Å²) in [6, 6.07) is 23.5. The van der Waals surface area contributed by atoms with Gasteiger partial charge in [0.1, 0.15) is 11.6 Å². The number of rotatable bonds is 6. The van der Waals surface area contributed by atoms with Gasteiger partial charge in [0, 0.05) is 32.6 Å². The zero-order valence-corrected chi connectivity index (χ0v) is 24.2. The van der Waals surface area contributed by atoms with E-state index in [1.165, 1.54) is 10.4 Å². The average molecular weight is 607 g/mol. The molecule has 1 aliphatic rings. The smallest absolute Gasteiger partial charge is 0.355 e. The molecule has 43 heavy (non-hydrogen) atoms. The molecule has 1 fully saturated rings. The Labute approximate surface area is 247 Å². The van der Waals surface area contributed by atoms with E-state index >= 15 is 0 Å². The fraction of sp³-hybridized carbons (Fsp3) is 0.258. The Balaban J connectivity index is 1.37.